The maximum Gasteiger partial charge on any atom is 0.322 e. The molecule has 3 nitrogen and oxygen atoms in total. The molecule has 1 heterocycles. The molecule has 0 unspecified atom stereocenters. The molecule has 2 amide bonds. The molecule has 0 saturated heterocycles. The van der Waals surface area contributed by atoms with Crippen LogP contribution in [0.1, 0.15) is 11.1 Å². The Bertz CT molecular complexity index is 688. The molecule has 21 heavy (non-hydrogen) atoms. The fourth-order valence-electron chi connectivity index (χ4n) is 2.45. The molecule has 2 aromatic rings. The van der Waals surface area contributed by atoms with Crippen molar-refractivity contribution in [1.29, 1.82) is 0 Å². The van der Waals surface area contributed by atoms with E-state index in [9.17, 15) is 4.79 Å². The quantitative estimate of drug-likeness (QED) is 0.819. The number of carbonyl (C=O) groups excluding carboxylic acids is 1. The molecule has 1 aliphatic heterocycles. The zero-order chi connectivity index (χ0) is 14.8. The van der Waals surface area contributed by atoms with Crippen molar-refractivity contribution in [1.82, 2.24) is 4.90 Å². The Kier molecular flexibility index (Phi) is 4.04. The van der Waals surface area contributed by atoms with E-state index in [1.807, 2.05) is 12.1 Å². The third-order valence-electron chi connectivity index (χ3n) is 3.59. The SMILES string of the molecule is O=C(Nc1ccc(Cl)c(Cl)c1)N1CCc2ccccc2C1. The minimum atomic E-state index is -0.122. The van der Waals surface area contributed by atoms with Crippen LogP contribution in [0.3, 0.4) is 0 Å². The van der Waals surface area contributed by atoms with Crippen LogP contribution in [-0.4, -0.2) is 17.5 Å². The van der Waals surface area contributed by atoms with Gasteiger partial charge in [-0.2, -0.15) is 0 Å². The fourth-order valence-corrected chi connectivity index (χ4v) is 2.74. The lowest BCUT2D eigenvalue weighted by Crippen LogP contribution is -2.38. The summed E-state index contributed by atoms with van der Waals surface area (Å²) in [6, 6.07) is 13.2. The number of hydrogen-bond donors (Lipinski definition) is 1. The Labute approximate surface area is 133 Å². The highest BCUT2D eigenvalue weighted by Gasteiger charge is 2.20. The number of hydrogen-bond acceptors (Lipinski definition) is 1. The highest BCUT2D eigenvalue weighted by Crippen LogP contribution is 2.25. The van der Waals surface area contributed by atoms with Gasteiger partial charge in [-0.1, -0.05) is 47.5 Å². The van der Waals surface area contributed by atoms with E-state index in [4.69, 9.17) is 23.2 Å². The highest BCUT2D eigenvalue weighted by atomic mass is 35.5. The molecular weight excluding hydrogens is 307 g/mol. The number of rotatable bonds is 1. The van der Waals surface area contributed by atoms with Crippen LogP contribution in [-0.2, 0) is 13.0 Å². The number of urea groups is 1. The summed E-state index contributed by atoms with van der Waals surface area (Å²) in [6.45, 7) is 1.34. The molecule has 0 bridgehead atoms. The zero-order valence-electron chi connectivity index (χ0n) is 11.3. The third-order valence-corrected chi connectivity index (χ3v) is 4.33. The Balaban J connectivity index is 1.70. The van der Waals surface area contributed by atoms with Gasteiger partial charge in [-0.3, -0.25) is 0 Å². The molecular formula is C16H14Cl2N2O. The molecule has 0 aliphatic carbocycles. The van der Waals surface area contributed by atoms with Crippen molar-refractivity contribution in [3.8, 4) is 0 Å². The summed E-state index contributed by atoms with van der Waals surface area (Å²) >= 11 is 11.8. The number of nitrogens with zero attached hydrogens (tertiary/aromatic N) is 1. The Hall–Kier alpha value is -1.71. The van der Waals surface area contributed by atoms with Crippen LogP contribution in [0.15, 0.2) is 42.5 Å². The number of nitrogens with one attached hydrogen (secondary N) is 1. The highest BCUT2D eigenvalue weighted by molar-refractivity contribution is 6.42. The minimum absolute atomic E-state index is 0.122. The fraction of sp³-hybridized carbons (Fsp3) is 0.188. The summed E-state index contributed by atoms with van der Waals surface area (Å²) in [6.07, 6.45) is 0.880. The molecule has 1 N–H and O–H groups in total. The molecule has 0 fully saturated rings. The number of carbonyl (C=O) groups is 1. The van der Waals surface area contributed by atoms with Gasteiger partial charge in [0.1, 0.15) is 0 Å². The first-order valence-electron chi connectivity index (χ1n) is 6.71. The summed E-state index contributed by atoms with van der Waals surface area (Å²) in [4.78, 5) is 14.1. The van der Waals surface area contributed by atoms with Crippen molar-refractivity contribution < 1.29 is 4.79 Å². The van der Waals surface area contributed by atoms with Crippen LogP contribution >= 0.6 is 23.2 Å². The molecule has 2 aromatic carbocycles. The van der Waals surface area contributed by atoms with Crippen LogP contribution in [0.4, 0.5) is 10.5 Å². The molecule has 3 rings (SSSR count). The van der Waals surface area contributed by atoms with E-state index >= 15 is 0 Å². The van der Waals surface area contributed by atoms with Crippen LogP contribution in [0.2, 0.25) is 10.0 Å². The van der Waals surface area contributed by atoms with Gasteiger partial charge in [0.2, 0.25) is 0 Å². The van der Waals surface area contributed by atoms with Crippen LogP contribution in [0.25, 0.3) is 0 Å². The average Bonchev–Trinajstić information content (AvgIpc) is 2.50. The van der Waals surface area contributed by atoms with Gasteiger partial charge in [0.05, 0.1) is 10.0 Å². The summed E-state index contributed by atoms with van der Waals surface area (Å²) in [5.41, 5.74) is 3.16. The molecule has 0 saturated carbocycles. The first-order chi connectivity index (χ1) is 10.1. The Morgan fingerprint density at radius 2 is 1.81 bits per heavy atom. The second-order valence-corrected chi connectivity index (χ2v) is 5.81. The monoisotopic (exact) mass is 320 g/mol. The van der Waals surface area contributed by atoms with Gasteiger partial charge in [-0.25, -0.2) is 4.79 Å². The maximum atomic E-state index is 12.3. The topological polar surface area (TPSA) is 32.3 Å². The number of anilines is 1. The molecule has 0 atom stereocenters. The van der Waals surface area contributed by atoms with E-state index in [-0.39, 0.29) is 6.03 Å². The normalized spacial score (nSPS) is 13.7. The zero-order valence-corrected chi connectivity index (χ0v) is 12.8. The second-order valence-electron chi connectivity index (χ2n) is 5.00. The summed E-state index contributed by atoms with van der Waals surface area (Å²) in [5.74, 6) is 0. The molecule has 0 spiro atoms. The van der Waals surface area contributed by atoms with Crippen molar-refractivity contribution in [2.45, 2.75) is 13.0 Å². The van der Waals surface area contributed by atoms with Gasteiger partial charge in [-0.15, -0.1) is 0 Å². The van der Waals surface area contributed by atoms with Crippen LogP contribution in [0.5, 0.6) is 0 Å². The molecule has 1 aliphatic rings. The van der Waals surface area contributed by atoms with Gasteiger partial charge >= 0.3 is 6.03 Å². The maximum absolute atomic E-state index is 12.3. The summed E-state index contributed by atoms with van der Waals surface area (Å²) in [5, 5.41) is 3.76. The molecule has 0 radical (unpaired) electrons. The molecule has 108 valence electrons. The Morgan fingerprint density at radius 1 is 1.05 bits per heavy atom. The predicted octanol–water partition coefficient (Wildman–Crippen LogP) is 4.58. The third kappa shape index (κ3) is 3.14. The van der Waals surface area contributed by atoms with E-state index in [1.54, 1.807) is 23.1 Å². The number of amides is 2. The second kappa shape index (κ2) is 5.96. The number of benzene rings is 2. The minimum Gasteiger partial charge on any atom is -0.320 e. The number of fused-ring (bicyclic) bond motifs is 1. The van der Waals surface area contributed by atoms with E-state index < -0.39 is 0 Å². The van der Waals surface area contributed by atoms with Gasteiger partial charge < -0.3 is 10.2 Å². The van der Waals surface area contributed by atoms with Gasteiger partial charge in [0.25, 0.3) is 0 Å². The van der Waals surface area contributed by atoms with Crippen molar-refractivity contribution >= 4 is 34.9 Å². The van der Waals surface area contributed by atoms with E-state index in [0.29, 0.717) is 28.8 Å². The summed E-state index contributed by atoms with van der Waals surface area (Å²) in [7, 11) is 0. The number of halogens is 2. The van der Waals surface area contributed by atoms with Gasteiger partial charge in [-0.05, 0) is 35.7 Å². The first kappa shape index (κ1) is 14.2. The lowest BCUT2D eigenvalue weighted by atomic mass is 10.0. The first-order valence-corrected chi connectivity index (χ1v) is 7.47. The van der Waals surface area contributed by atoms with Gasteiger partial charge in [0, 0.05) is 18.8 Å². The van der Waals surface area contributed by atoms with Crippen molar-refractivity contribution in [3.05, 3.63) is 63.6 Å². The van der Waals surface area contributed by atoms with E-state index in [1.165, 1.54) is 11.1 Å². The van der Waals surface area contributed by atoms with E-state index in [0.717, 1.165) is 6.42 Å². The lowest BCUT2D eigenvalue weighted by molar-refractivity contribution is 0.206. The van der Waals surface area contributed by atoms with Crippen molar-refractivity contribution in [3.63, 3.8) is 0 Å². The van der Waals surface area contributed by atoms with Crippen molar-refractivity contribution in [2.24, 2.45) is 0 Å². The van der Waals surface area contributed by atoms with Crippen LogP contribution in [0, 0.1) is 0 Å². The van der Waals surface area contributed by atoms with E-state index in [2.05, 4.69) is 17.4 Å². The van der Waals surface area contributed by atoms with Crippen LogP contribution < -0.4 is 5.32 Å². The largest absolute Gasteiger partial charge is 0.322 e. The van der Waals surface area contributed by atoms with Gasteiger partial charge in [0.15, 0.2) is 0 Å². The average molecular weight is 321 g/mol. The Morgan fingerprint density at radius 3 is 2.57 bits per heavy atom. The van der Waals surface area contributed by atoms with Crippen molar-refractivity contribution in [2.75, 3.05) is 11.9 Å². The lowest BCUT2D eigenvalue weighted by Gasteiger charge is -2.29. The molecule has 0 aromatic heterocycles. The standard InChI is InChI=1S/C16H14Cl2N2O/c17-14-6-5-13(9-15(14)18)19-16(21)20-8-7-11-3-1-2-4-12(11)10-20/h1-6,9H,7-8,10H2,(H,19,21). The summed E-state index contributed by atoms with van der Waals surface area (Å²) < 4.78 is 0. The smallest absolute Gasteiger partial charge is 0.320 e. The predicted molar refractivity (Wildman–Crippen MR) is 86.0 cm³/mol. The molecule has 5 heteroatoms.